The summed E-state index contributed by atoms with van der Waals surface area (Å²) in [7, 11) is 0. The molecule has 0 spiro atoms. The van der Waals surface area contributed by atoms with Gasteiger partial charge in [-0.2, -0.15) is 0 Å². The molecule has 0 fully saturated rings. The van der Waals surface area contributed by atoms with Crippen LogP contribution < -0.4 is 5.32 Å². The molecule has 0 amide bonds. The highest BCUT2D eigenvalue weighted by Gasteiger charge is 2.25. The number of anilines is 1. The zero-order valence-corrected chi connectivity index (χ0v) is 13.1. The molecule has 0 saturated carbocycles. The molecule has 0 radical (unpaired) electrons. The maximum atomic E-state index is 6.08. The molecule has 4 heteroatoms. The van der Waals surface area contributed by atoms with Crippen LogP contribution in [0.5, 0.6) is 0 Å². The van der Waals surface area contributed by atoms with E-state index in [2.05, 4.69) is 52.4 Å². The molecule has 1 nitrogen and oxygen atoms in total. The monoisotopic (exact) mass is 341 g/mol. The fourth-order valence-corrected chi connectivity index (χ4v) is 4.37. The maximum absolute atomic E-state index is 6.08. The summed E-state index contributed by atoms with van der Waals surface area (Å²) < 4.78 is 2.02. The lowest BCUT2D eigenvalue weighted by molar-refractivity contribution is 0.761. The Morgan fingerprint density at radius 1 is 1.39 bits per heavy atom. The average molecular weight is 343 g/mol. The second kappa shape index (κ2) is 4.87. The quantitative estimate of drug-likeness (QED) is 0.752. The van der Waals surface area contributed by atoms with Gasteiger partial charge in [0.1, 0.15) is 0 Å². The van der Waals surface area contributed by atoms with Gasteiger partial charge in [-0.05, 0) is 65.0 Å². The molecule has 1 unspecified atom stereocenters. The standard InChI is InChI=1S/C14H13BrClNS/c1-8-2-3-12(10(15)6-8)17-11-4-5-13-9(11)7-14(16)18-13/h2-3,6-7,11,17H,4-5H2,1H3. The molecule has 1 aromatic heterocycles. The third-order valence-corrected chi connectivity index (χ3v) is 5.30. The van der Waals surface area contributed by atoms with Gasteiger partial charge in [-0.3, -0.25) is 0 Å². The Labute approximate surface area is 124 Å². The van der Waals surface area contributed by atoms with Crippen molar-refractivity contribution in [2.24, 2.45) is 0 Å². The van der Waals surface area contributed by atoms with Gasteiger partial charge in [0.2, 0.25) is 0 Å². The van der Waals surface area contributed by atoms with Crippen molar-refractivity contribution in [2.75, 3.05) is 5.32 Å². The molecule has 0 saturated heterocycles. The van der Waals surface area contributed by atoms with Crippen LogP contribution in [0.4, 0.5) is 5.69 Å². The Kier molecular flexibility index (Phi) is 3.39. The lowest BCUT2D eigenvalue weighted by atomic mass is 10.1. The highest BCUT2D eigenvalue weighted by molar-refractivity contribution is 9.10. The predicted octanol–water partition coefficient (Wildman–Crippen LogP) is 5.57. The minimum absolute atomic E-state index is 0.391. The molecule has 0 bridgehead atoms. The Morgan fingerprint density at radius 3 is 3.00 bits per heavy atom. The molecule has 1 aromatic carbocycles. The van der Waals surface area contributed by atoms with E-state index in [0.29, 0.717) is 6.04 Å². The number of thiophene rings is 1. The van der Waals surface area contributed by atoms with E-state index in [1.807, 2.05) is 0 Å². The molecule has 3 rings (SSSR count). The molecule has 18 heavy (non-hydrogen) atoms. The van der Waals surface area contributed by atoms with Crippen LogP contribution in [0, 0.1) is 6.92 Å². The molecule has 1 heterocycles. The summed E-state index contributed by atoms with van der Waals surface area (Å²) in [5.41, 5.74) is 3.79. The lowest BCUT2D eigenvalue weighted by Crippen LogP contribution is -2.07. The maximum Gasteiger partial charge on any atom is 0.0934 e. The number of halogens is 2. The molecule has 1 aliphatic carbocycles. The molecular weight excluding hydrogens is 330 g/mol. The van der Waals surface area contributed by atoms with Crippen LogP contribution in [-0.4, -0.2) is 0 Å². The first-order valence-electron chi connectivity index (χ1n) is 5.94. The number of rotatable bonds is 2. The van der Waals surface area contributed by atoms with Crippen molar-refractivity contribution < 1.29 is 0 Å². The van der Waals surface area contributed by atoms with Gasteiger partial charge in [0.25, 0.3) is 0 Å². The van der Waals surface area contributed by atoms with Crippen LogP contribution >= 0.6 is 38.9 Å². The smallest absolute Gasteiger partial charge is 0.0934 e. The van der Waals surface area contributed by atoms with Crippen molar-refractivity contribution in [3.63, 3.8) is 0 Å². The molecule has 1 aliphatic rings. The molecular formula is C14H13BrClNS. The van der Waals surface area contributed by atoms with Crippen molar-refractivity contribution in [1.82, 2.24) is 0 Å². The average Bonchev–Trinajstić information content (AvgIpc) is 2.83. The van der Waals surface area contributed by atoms with Crippen LogP contribution in [-0.2, 0) is 6.42 Å². The summed E-state index contributed by atoms with van der Waals surface area (Å²) in [4.78, 5) is 1.43. The van der Waals surface area contributed by atoms with Gasteiger partial charge in [-0.25, -0.2) is 0 Å². The number of hydrogen-bond donors (Lipinski definition) is 1. The third kappa shape index (κ3) is 2.31. The first-order chi connectivity index (χ1) is 8.63. The number of fused-ring (bicyclic) bond motifs is 1. The minimum atomic E-state index is 0.391. The Balaban J connectivity index is 1.85. The summed E-state index contributed by atoms with van der Waals surface area (Å²) in [5, 5.41) is 3.61. The van der Waals surface area contributed by atoms with Crippen LogP contribution in [0.3, 0.4) is 0 Å². The first-order valence-corrected chi connectivity index (χ1v) is 7.93. The van der Waals surface area contributed by atoms with E-state index in [0.717, 1.165) is 27.3 Å². The first kappa shape index (κ1) is 12.5. The van der Waals surface area contributed by atoms with Gasteiger partial charge in [-0.1, -0.05) is 17.7 Å². The highest BCUT2D eigenvalue weighted by atomic mass is 79.9. The molecule has 1 N–H and O–H groups in total. The van der Waals surface area contributed by atoms with Gasteiger partial charge in [0.15, 0.2) is 0 Å². The van der Waals surface area contributed by atoms with Gasteiger partial charge in [0.05, 0.1) is 10.4 Å². The van der Waals surface area contributed by atoms with Crippen molar-refractivity contribution in [1.29, 1.82) is 0 Å². The van der Waals surface area contributed by atoms with Crippen LogP contribution in [0.2, 0.25) is 4.34 Å². The van der Waals surface area contributed by atoms with E-state index in [1.165, 1.54) is 16.0 Å². The SMILES string of the molecule is Cc1ccc(NC2CCc3sc(Cl)cc32)c(Br)c1. The predicted molar refractivity (Wildman–Crippen MR) is 82.9 cm³/mol. The Bertz CT molecular complexity index is 593. The minimum Gasteiger partial charge on any atom is -0.377 e. The Morgan fingerprint density at radius 2 is 2.22 bits per heavy atom. The van der Waals surface area contributed by atoms with Gasteiger partial charge < -0.3 is 5.32 Å². The van der Waals surface area contributed by atoms with Gasteiger partial charge in [0, 0.05) is 15.0 Å². The van der Waals surface area contributed by atoms with E-state index in [-0.39, 0.29) is 0 Å². The van der Waals surface area contributed by atoms with Gasteiger partial charge in [-0.15, -0.1) is 11.3 Å². The number of aryl methyl sites for hydroxylation is 2. The summed E-state index contributed by atoms with van der Waals surface area (Å²) in [5.74, 6) is 0. The fourth-order valence-electron chi connectivity index (χ4n) is 2.40. The van der Waals surface area contributed by atoms with Crippen LogP contribution in [0.1, 0.15) is 28.5 Å². The summed E-state index contributed by atoms with van der Waals surface area (Å²) in [6.45, 7) is 2.10. The van der Waals surface area contributed by atoms with Crippen molar-refractivity contribution in [2.45, 2.75) is 25.8 Å². The molecule has 2 aromatic rings. The summed E-state index contributed by atoms with van der Waals surface area (Å²) in [6.07, 6.45) is 2.28. The van der Waals surface area contributed by atoms with Crippen LogP contribution in [0.25, 0.3) is 0 Å². The van der Waals surface area contributed by atoms with Crippen molar-refractivity contribution in [3.05, 3.63) is 49.1 Å². The second-order valence-corrected chi connectivity index (χ2v) is 7.27. The highest BCUT2D eigenvalue weighted by Crippen LogP contribution is 2.41. The Hall–Kier alpha value is -0.510. The summed E-state index contributed by atoms with van der Waals surface area (Å²) >= 11 is 11.4. The fraction of sp³-hybridized carbons (Fsp3) is 0.286. The second-order valence-electron chi connectivity index (χ2n) is 4.65. The zero-order chi connectivity index (χ0) is 12.7. The van der Waals surface area contributed by atoms with E-state index in [4.69, 9.17) is 11.6 Å². The number of hydrogen-bond acceptors (Lipinski definition) is 2. The third-order valence-electron chi connectivity index (χ3n) is 3.30. The van der Waals surface area contributed by atoms with E-state index in [1.54, 1.807) is 11.3 Å². The largest absolute Gasteiger partial charge is 0.377 e. The van der Waals surface area contributed by atoms with E-state index in [9.17, 15) is 0 Å². The zero-order valence-electron chi connectivity index (χ0n) is 9.97. The van der Waals surface area contributed by atoms with Crippen molar-refractivity contribution in [3.8, 4) is 0 Å². The normalized spacial score (nSPS) is 17.8. The number of nitrogens with one attached hydrogen (secondary N) is 1. The molecule has 1 atom stereocenters. The lowest BCUT2D eigenvalue weighted by Gasteiger charge is -2.16. The van der Waals surface area contributed by atoms with Crippen molar-refractivity contribution >= 4 is 44.6 Å². The number of benzene rings is 1. The van der Waals surface area contributed by atoms with Gasteiger partial charge >= 0.3 is 0 Å². The van der Waals surface area contributed by atoms with E-state index < -0.39 is 0 Å². The molecule has 94 valence electrons. The van der Waals surface area contributed by atoms with Crippen LogP contribution in [0.15, 0.2) is 28.7 Å². The summed E-state index contributed by atoms with van der Waals surface area (Å²) in [6, 6.07) is 8.89. The molecule has 0 aliphatic heterocycles. The topological polar surface area (TPSA) is 12.0 Å². The van der Waals surface area contributed by atoms with E-state index >= 15 is 0 Å².